The molecule has 0 fully saturated rings. The second kappa shape index (κ2) is 5.33. The lowest BCUT2D eigenvalue weighted by atomic mass is 10.2. The summed E-state index contributed by atoms with van der Waals surface area (Å²) in [7, 11) is -7.17. The molecule has 8 heteroatoms. The minimum absolute atomic E-state index is 0.158. The predicted molar refractivity (Wildman–Crippen MR) is 65.5 cm³/mol. The van der Waals surface area contributed by atoms with E-state index in [0.29, 0.717) is 0 Å². The van der Waals surface area contributed by atoms with Crippen LogP contribution in [-0.4, -0.2) is 39.6 Å². The van der Waals surface area contributed by atoms with Gasteiger partial charge in [-0.1, -0.05) is 6.92 Å². The Morgan fingerprint density at radius 1 is 1.29 bits per heavy atom. The van der Waals surface area contributed by atoms with Gasteiger partial charge in [-0.25, -0.2) is 21.6 Å². The Labute approximate surface area is 103 Å². The Hall–Kier alpha value is -0.650. The molecule has 0 amide bonds. The van der Waals surface area contributed by atoms with E-state index < -0.39 is 29.9 Å². The molecule has 17 heavy (non-hydrogen) atoms. The summed E-state index contributed by atoms with van der Waals surface area (Å²) >= 11 is 0. The molecule has 0 rings (SSSR count). The van der Waals surface area contributed by atoms with Gasteiger partial charge in [0.1, 0.15) is 0 Å². The van der Waals surface area contributed by atoms with Crippen molar-refractivity contribution < 1.29 is 16.8 Å². The molecule has 0 aliphatic heterocycles. The molecule has 0 heterocycles. The number of nitriles is 1. The molecular formula is C9H18N2O4S2. The van der Waals surface area contributed by atoms with Crippen LogP contribution in [0.4, 0.5) is 0 Å². The quantitative estimate of drug-likeness (QED) is 0.740. The van der Waals surface area contributed by atoms with Gasteiger partial charge in [0, 0.05) is 12.8 Å². The lowest BCUT2D eigenvalue weighted by Gasteiger charge is -2.23. The number of sulfonamides is 1. The summed E-state index contributed by atoms with van der Waals surface area (Å²) in [5, 5.41) is 7.51. The molecule has 0 aromatic rings. The highest BCUT2D eigenvalue weighted by Crippen LogP contribution is 2.14. The molecule has 1 atom stereocenters. The van der Waals surface area contributed by atoms with Crippen molar-refractivity contribution in [1.29, 1.82) is 5.26 Å². The summed E-state index contributed by atoms with van der Waals surface area (Å²) < 4.78 is 47.0. The maximum atomic E-state index is 11.6. The molecule has 0 radical (unpaired) electrons. The molecule has 0 spiro atoms. The largest absolute Gasteiger partial charge is 0.229 e. The predicted octanol–water partition coefficient (Wildman–Crippen LogP) is 0.0312. The molecule has 1 N–H and O–H groups in total. The van der Waals surface area contributed by atoms with Crippen molar-refractivity contribution in [3.05, 3.63) is 0 Å². The van der Waals surface area contributed by atoms with E-state index in [1.807, 2.05) is 0 Å². The van der Waals surface area contributed by atoms with E-state index >= 15 is 0 Å². The normalized spacial score (nSPS) is 15.2. The number of rotatable bonds is 6. The molecule has 1 unspecified atom stereocenters. The first-order chi connectivity index (χ1) is 7.48. The minimum Gasteiger partial charge on any atom is -0.229 e. The summed E-state index contributed by atoms with van der Waals surface area (Å²) in [5.74, 6) is 0. The third-order valence-electron chi connectivity index (χ3n) is 2.59. The second-order valence-electron chi connectivity index (χ2n) is 4.42. The Kier molecular flexibility index (Phi) is 5.13. The third kappa shape index (κ3) is 4.26. The fourth-order valence-corrected chi connectivity index (χ4v) is 2.65. The Morgan fingerprint density at radius 2 is 1.76 bits per heavy atom. The standard InChI is InChI=1S/C9H18N2O4S2/c1-5-8(6-10)17(14,15)11-7-9(2,3)16(4,12)13/h8,11H,5,7H2,1-4H3. The molecule has 0 aromatic heterocycles. The van der Waals surface area contributed by atoms with Gasteiger partial charge in [0.15, 0.2) is 15.1 Å². The smallest absolute Gasteiger partial charge is 0.228 e. The number of sulfone groups is 1. The Balaban J connectivity index is 4.88. The highest BCUT2D eigenvalue weighted by Gasteiger charge is 2.33. The van der Waals surface area contributed by atoms with Crippen molar-refractivity contribution in [3.63, 3.8) is 0 Å². The van der Waals surface area contributed by atoms with Crippen molar-refractivity contribution in [3.8, 4) is 6.07 Å². The number of hydrogen-bond donors (Lipinski definition) is 1. The topological polar surface area (TPSA) is 104 Å². The second-order valence-corrected chi connectivity index (χ2v) is 9.02. The fourth-order valence-electron chi connectivity index (χ4n) is 0.886. The fraction of sp³-hybridized carbons (Fsp3) is 0.889. The van der Waals surface area contributed by atoms with Crippen molar-refractivity contribution >= 4 is 19.9 Å². The lowest BCUT2D eigenvalue weighted by Crippen LogP contribution is -2.46. The summed E-state index contributed by atoms with van der Waals surface area (Å²) in [4.78, 5) is 0. The first-order valence-corrected chi connectivity index (χ1v) is 8.49. The number of nitrogens with one attached hydrogen (secondary N) is 1. The van der Waals surface area contributed by atoms with Gasteiger partial charge < -0.3 is 0 Å². The summed E-state index contributed by atoms with van der Waals surface area (Å²) in [5.41, 5.74) is 0. The van der Waals surface area contributed by atoms with Crippen LogP contribution < -0.4 is 4.72 Å². The van der Waals surface area contributed by atoms with Gasteiger partial charge in [0.25, 0.3) is 0 Å². The van der Waals surface area contributed by atoms with E-state index in [2.05, 4.69) is 4.72 Å². The van der Waals surface area contributed by atoms with Crippen molar-refractivity contribution in [1.82, 2.24) is 4.72 Å². The average Bonchev–Trinajstić information content (AvgIpc) is 2.15. The van der Waals surface area contributed by atoms with Gasteiger partial charge in [-0.15, -0.1) is 0 Å². The van der Waals surface area contributed by atoms with E-state index in [9.17, 15) is 16.8 Å². The van der Waals surface area contributed by atoms with Crippen LogP contribution >= 0.6 is 0 Å². The zero-order valence-electron chi connectivity index (χ0n) is 10.4. The van der Waals surface area contributed by atoms with Gasteiger partial charge >= 0.3 is 0 Å². The van der Waals surface area contributed by atoms with Crippen molar-refractivity contribution in [2.75, 3.05) is 12.8 Å². The molecule has 0 aliphatic carbocycles. The van der Waals surface area contributed by atoms with Crippen LogP contribution in [0.25, 0.3) is 0 Å². The first-order valence-electron chi connectivity index (χ1n) is 5.05. The number of nitrogens with zero attached hydrogens (tertiary/aromatic N) is 1. The van der Waals surface area contributed by atoms with Crippen LogP contribution in [0.1, 0.15) is 27.2 Å². The van der Waals surface area contributed by atoms with E-state index in [1.165, 1.54) is 13.8 Å². The van der Waals surface area contributed by atoms with Gasteiger partial charge in [0.05, 0.1) is 10.8 Å². The summed E-state index contributed by atoms with van der Waals surface area (Å²) in [6.45, 7) is 4.19. The molecule has 0 aliphatic rings. The van der Waals surface area contributed by atoms with Crippen molar-refractivity contribution in [2.45, 2.75) is 37.2 Å². The maximum absolute atomic E-state index is 11.6. The zero-order chi connectivity index (χ0) is 13.9. The van der Waals surface area contributed by atoms with Crippen molar-refractivity contribution in [2.24, 2.45) is 0 Å². The van der Waals surface area contributed by atoms with Crippen LogP contribution in [0.15, 0.2) is 0 Å². The summed E-state index contributed by atoms with van der Waals surface area (Å²) in [6, 6.07) is 1.67. The van der Waals surface area contributed by atoms with Crippen LogP contribution in [0.5, 0.6) is 0 Å². The molecule has 0 aromatic carbocycles. The first kappa shape index (κ1) is 16.4. The number of hydrogen-bond acceptors (Lipinski definition) is 5. The SMILES string of the molecule is CCC(C#N)S(=O)(=O)NCC(C)(C)S(C)(=O)=O. The molecule has 0 saturated carbocycles. The minimum atomic E-state index is -3.79. The van der Waals surface area contributed by atoms with E-state index in [-0.39, 0.29) is 13.0 Å². The van der Waals surface area contributed by atoms with Gasteiger partial charge in [0.2, 0.25) is 10.0 Å². The highest BCUT2D eigenvalue weighted by molar-refractivity contribution is 7.92. The van der Waals surface area contributed by atoms with E-state index in [4.69, 9.17) is 5.26 Å². The molecule has 6 nitrogen and oxygen atoms in total. The summed E-state index contributed by atoms with van der Waals surface area (Å²) in [6.07, 6.45) is 1.20. The van der Waals surface area contributed by atoms with Gasteiger partial charge in [-0.3, -0.25) is 0 Å². The van der Waals surface area contributed by atoms with Gasteiger partial charge in [-0.05, 0) is 20.3 Å². The van der Waals surface area contributed by atoms with E-state index in [1.54, 1.807) is 13.0 Å². The molecular weight excluding hydrogens is 264 g/mol. The molecule has 0 bridgehead atoms. The third-order valence-corrected chi connectivity index (χ3v) is 6.48. The Morgan fingerprint density at radius 3 is 2.06 bits per heavy atom. The lowest BCUT2D eigenvalue weighted by molar-refractivity contribution is 0.534. The van der Waals surface area contributed by atoms with Crippen LogP contribution in [0, 0.1) is 11.3 Å². The highest BCUT2D eigenvalue weighted by atomic mass is 32.2. The molecule has 100 valence electrons. The van der Waals surface area contributed by atoms with Gasteiger partial charge in [-0.2, -0.15) is 5.26 Å². The molecule has 0 saturated heterocycles. The van der Waals surface area contributed by atoms with Crippen LogP contribution in [0.2, 0.25) is 0 Å². The Bertz CT molecular complexity index is 500. The average molecular weight is 282 g/mol. The maximum Gasteiger partial charge on any atom is 0.228 e. The van der Waals surface area contributed by atoms with Crippen LogP contribution in [-0.2, 0) is 19.9 Å². The zero-order valence-corrected chi connectivity index (χ0v) is 12.0. The van der Waals surface area contributed by atoms with Crippen LogP contribution in [0.3, 0.4) is 0 Å². The van der Waals surface area contributed by atoms with E-state index in [0.717, 1.165) is 6.26 Å². The monoisotopic (exact) mass is 282 g/mol.